The van der Waals surface area contributed by atoms with Crippen LogP contribution in [0.4, 0.5) is 4.39 Å². The van der Waals surface area contributed by atoms with Crippen LogP contribution in [0.5, 0.6) is 0 Å². The van der Waals surface area contributed by atoms with Crippen molar-refractivity contribution in [2.75, 3.05) is 26.3 Å². The summed E-state index contributed by atoms with van der Waals surface area (Å²) in [4.78, 5) is 2.17. The summed E-state index contributed by atoms with van der Waals surface area (Å²) in [5.74, 6) is 1.75. The van der Waals surface area contributed by atoms with Gasteiger partial charge in [-0.2, -0.15) is 0 Å². The fourth-order valence-electron chi connectivity index (χ4n) is 1.99. The molecule has 2 fully saturated rings. The second kappa shape index (κ2) is 2.72. The first-order valence-corrected chi connectivity index (χ1v) is 4.26. The molecule has 0 aromatic heterocycles. The fourth-order valence-corrected chi connectivity index (χ4v) is 1.99. The standard InChI is InChI=1S/C8H14FNO/c9-2-8(11)5-10-3-6-1-7(6)4-10/h6-8,11H,1-5H2. The number of halogens is 1. The smallest absolute Gasteiger partial charge is 0.117 e. The highest BCUT2D eigenvalue weighted by Gasteiger charge is 2.44. The topological polar surface area (TPSA) is 23.5 Å². The minimum atomic E-state index is -0.757. The third-order valence-electron chi connectivity index (χ3n) is 2.70. The quantitative estimate of drug-likeness (QED) is 0.639. The molecule has 1 saturated heterocycles. The van der Waals surface area contributed by atoms with E-state index in [0.29, 0.717) is 6.54 Å². The van der Waals surface area contributed by atoms with E-state index >= 15 is 0 Å². The van der Waals surface area contributed by atoms with Crippen molar-refractivity contribution in [2.24, 2.45) is 11.8 Å². The monoisotopic (exact) mass is 159 g/mol. The van der Waals surface area contributed by atoms with Gasteiger partial charge in [0.1, 0.15) is 6.67 Å². The summed E-state index contributed by atoms with van der Waals surface area (Å²) in [6, 6.07) is 0. The van der Waals surface area contributed by atoms with Crippen LogP contribution in [0.25, 0.3) is 0 Å². The van der Waals surface area contributed by atoms with Crippen molar-refractivity contribution in [2.45, 2.75) is 12.5 Å². The van der Waals surface area contributed by atoms with Crippen LogP contribution in [0.15, 0.2) is 0 Å². The SMILES string of the molecule is OC(CF)CN1CC2CC2C1. The van der Waals surface area contributed by atoms with Crippen LogP contribution in [0, 0.1) is 11.8 Å². The van der Waals surface area contributed by atoms with Crippen molar-refractivity contribution in [3.8, 4) is 0 Å². The highest BCUT2D eigenvalue weighted by atomic mass is 19.1. The molecule has 0 radical (unpaired) electrons. The van der Waals surface area contributed by atoms with Crippen LogP contribution in [0.3, 0.4) is 0 Å². The number of rotatable bonds is 3. The molecule has 0 spiro atoms. The first-order valence-electron chi connectivity index (χ1n) is 4.26. The number of hydrogen-bond acceptors (Lipinski definition) is 2. The van der Waals surface area contributed by atoms with Gasteiger partial charge in [-0.25, -0.2) is 4.39 Å². The van der Waals surface area contributed by atoms with Crippen molar-refractivity contribution in [1.29, 1.82) is 0 Å². The number of nitrogens with zero attached hydrogens (tertiary/aromatic N) is 1. The Bertz CT molecular complexity index is 143. The zero-order chi connectivity index (χ0) is 7.84. The average Bonchev–Trinajstić information content (AvgIpc) is 2.60. The van der Waals surface area contributed by atoms with Gasteiger partial charge >= 0.3 is 0 Å². The second-order valence-corrected chi connectivity index (χ2v) is 3.78. The summed E-state index contributed by atoms with van der Waals surface area (Å²) in [5, 5.41) is 9.00. The highest BCUT2D eigenvalue weighted by Crippen LogP contribution is 2.44. The Morgan fingerprint density at radius 1 is 1.45 bits per heavy atom. The van der Waals surface area contributed by atoms with Crippen LogP contribution >= 0.6 is 0 Å². The molecule has 1 saturated carbocycles. The Morgan fingerprint density at radius 2 is 2.09 bits per heavy atom. The molecule has 3 atom stereocenters. The number of fused-ring (bicyclic) bond motifs is 1. The fraction of sp³-hybridized carbons (Fsp3) is 1.00. The molecule has 1 aliphatic heterocycles. The Kier molecular flexibility index (Phi) is 1.85. The minimum Gasteiger partial charge on any atom is -0.389 e. The lowest BCUT2D eigenvalue weighted by atomic mass is 10.3. The molecule has 2 nitrogen and oxygen atoms in total. The first-order chi connectivity index (χ1) is 5.29. The molecule has 64 valence electrons. The predicted octanol–water partition coefficient (Wildman–Crippen LogP) is 0.269. The van der Waals surface area contributed by atoms with Gasteiger partial charge in [-0.05, 0) is 18.3 Å². The van der Waals surface area contributed by atoms with Crippen LogP contribution in [-0.4, -0.2) is 42.4 Å². The van der Waals surface area contributed by atoms with Gasteiger partial charge in [-0.3, -0.25) is 0 Å². The number of hydrogen-bond donors (Lipinski definition) is 1. The molecule has 1 aliphatic carbocycles. The molecule has 0 bridgehead atoms. The summed E-state index contributed by atoms with van der Waals surface area (Å²) in [5.41, 5.74) is 0. The molecule has 3 unspecified atom stereocenters. The maximum Gasteiger partial charge on any atom is 0.117 e. The van der Waals surface area contributed by atoms with Gasteiger partial charge in [-0.15, -0.1) is 0 Å². The number of β-amino-alcohol motifs (C(OH)–C–C–N with tert-alkyl or cyclic N) is 1. The molecule has 0 amide bonds. The normalized spacial score (nSPS) is 38.7. The Hall–Kier alpha value is -0.150. The molecule has 11 heavy (non-hydrogen) atoms. The first kappa shape index (κ1) is 7.50. The van der Waals surface area contributed by atoms with Gasteiger partial charge in [0.2, 0.25) is 0 Å². The van der Waals surface area contributed by atoms with Crippen LogP contribution in [0.2, 0.25) is 0 Å². The van der Waals surface area contributed by atoms with Crippen molar-refractivity contribution in [3.05, 3.63) is 0 Å². The maximum absolute atomic E-state index is 11.9. The molecule has 0 aromatic carbocycles. The van der Waals surface area contributed by atoms with Gasteiger partial charge in [0.15, 0.2) is 0 Å². The van der Waals surface area contributed by atoms with Crippen molar-refractivity contribution < 1.29 is 9.50 Å². The van der Waals surface area contributed by atoms with Crippen LogP contribution in [-0.2, 0) is 0 Å². The Morgan fingerprint density at radius 3 is 2.64 bits per heavy atom. The lowest BCUT2D eigenvalue weighted by molar-refractivity contribution is 0.0950. The Labute approximate surface area is 66.0 Å². The zero-order valence-electron chi connectivity index (χ0n) is 6.54. The van der Waals surface area contributed by atoms with E-state index in [1.54, 1.807) is 0 Å². The van der Waals surface area contributed by atoms with E-state index in [-0.39, 0.29) is 0 Å². The van der Waals surface area contributed by atoms with Crippen molar-refractivity contribution in [3.63, 3.8) is 0 Å². The number of aliphatic hydroxyl groups is 1. The Balaban J connectivity index is 1.71. The molecule has 2 aliphatic rings. The molecule has 2 rings (SSSR count). The van der Waals surface area contributed by atoms with Gasteiger partial charge < -0.3 is 10.0 Å². The summed E-state index contributed by atoms with van der Waals surface area (Å²) in [6.07, 6.45) is 0.606. The average molecular weight is 159 g/mol. The minimum absolute atomic E-state index is 0.531. The van der Waals surface area contributed by atoms with E-state index in [2.05, 4.69) is 4.90 Å². The van der Waals surface area contributed by atoms with Crippen molar-refractivity contribution >= 4 is 0 Å². The van der Waals surface area contributed by atoms with E-state index in [1.807, 2.05) is 0 Å². The van der Waals surface area contributed by atoms with E-state index in [4.69, 9.17) is 5.11 Å². The zero-order valence-corrected chi connectivity index (χ0v) is 6.54. The van der Waals surface area contributed by atoms with Gasteiger partial charge in [-0.1, -0.05) is 0 Å². The van der Waals surface area contributed by atoms with E-state index in [1.165, 1.54) is 6.42 Å². The number of likely N-dealkylation sites (tertiary alicyclic amines) is 1. The van der Waals surface area contributed by atoms with Gasteiger partial charge in [0, 0.05) is 19.6 Å². The number of piperidine rings is 1. The predicted molar refractivity (Wildman–Crippen MR) is 40.0 cm³/mol. The summed E-state index contributed by atoms with van der Waals surface area (Å²) in [7, 11) is 0. The van der Waals surface area contributed by atoms with E-state index in [0.717, 1.165) is 24.9 Å². The van der Waals surface area contributed by atoms with Crippen molar-refractivity contribution in [1.82, 2.24) is 4.90 Å². The van der Waals surface area contributed by atoms with E-state index in [9.17, 15) is 4.39 Å². The summed E-state index contributed by atoms with van der Waals surface area (Å²) in [6.45, 7) is 2.10. The third-order valence-corrected chi connectivity index (χ3v) is 2.70. The molecular weight excluding hydrogens is 145 g/mol. The molecular formula is C8H14FNO. The number of alkyl halides is 1. The van der Waals surface area contributed by atoms with Gasteiger partial charge in [0.05, 0.1) is 6.10 Å². The highest BCUT2D eigenvalue weighted by molar-refractivity contribution is 4.97. The third kappa shape index (κ3) is 1.54. The summed E-state index contributed by atoms with van der Waals surface area (Å²) >= 11 is 0. The molecule has 3 heteroatoms. The van der Waals surface area contributed by atoms with Crippen LogP contribution < -0.4 is 0 Å². The lowest BCUT2D eigenvalue weighted by Gasteiger charge is -2.19. The maximum atomic E-state index is 11.9. The molecule has 0 aromatic rings. The lowest BCUT2D eigenvalue weighted by Crippen LogP contribution is -2.32. The number of aliphatic hydroxyl groups excluding tert-OH is 1. The van der Waals surface area contributed by atoms with Gasteiger partial charge in [0.25, 0.3) is 0 Å². The largest absolute Gasteiger partial charge is 0.389 e. The molecule has 1 N–H and O–H groups in total. The molecule has 1 heterocycles. The van der Waals surface area contributed by atoms with E-state index < -0.39 is 12.8 Å². The summed E-state index contributed by atoms with van der Waals surface area (Å²) < 4.78 is 11.9. The second-order valence-electron chi connectivity index (χ2n) is 3.78. The van der Waals surface area contributed by atoms with Crippen LogP contribution in [0.1, 0.15) is 6.42 Å².